The van der Waals surface area contributed by atoms with Gasteiger partial charge in [0.15, 0.2) is 0 Å². The molecule has 0 saturated carbocycles. The van der Waals surface area contributed by atoms with E-state index in [1.807, 2.05) is 6.08 Å². The minimum Gasteiger partial charge on any atom is -0.394 e. The third-order valence-electron chi connectivity index (χ3n) is 5.38. The predicted octanol–water partition coefficient (Wildman–Crippen LogP) is 5.52. The van der Waals surface area contributed by atoms with Crippen molar-refractivity contribution in [3.63, 3.8) is 0 Å². The number of carbonyl (C=O) groups is 1. The van der Waals surface area contributed by atoms with Gasteiger partial charge in [-0.2, -0.15) is 0 Å². The molecule has 0 heterocycles. The Kier molecular flexibility index (Phi) is 22.3. The number of allylic oxidation sites excluding steroid dienone is 7. The van der Waals surface area contributed by atoms with E-state index < -0.39 is 24.2 Å². The molecular weight excluding hydrogens is 414 g/mol. The third kappa shape index (κ3) is 19.5. The predicted molar refractivity (Wildman–Crippen MR) is 139 cm³/mol. The summed E-state index contributed by atoms with van der Waals surface area (Å²) in [6.07, 6.45) is 27.0. The number of nitrogens with one attached hydrogen (secondary N) is 1. The molecule has 3 atom stereocenters. The lowest BCUT2D eigenvalue weighted by molar-refractivity contribution is -0.131. The Hall–Kier alpha value is -1.69. The van der Waals surface area contributed by atoms with Crippen molar-refractivity contribution in [2.24, 2.45) is 0 Å². The van der Waals surface area contributed by atoms with E-state index >= 15 is 0 Å². The average molecular weight is 464 g/mol. The molecule has 0 aliphatic heterocycles. The largest absolute Gasteiger partial charge is 0.394 e. The van der Waals surface area contributed by atoms with E-state index in [9.17, 15) is 20.1 Å². The summed E-state index contributed by atoms with van der Waals surface area (Å²) >= 11 is 0. The van der Waals surface area contributed by atoms with Crippen molar-refractivity contribution in [1.29, 1.82) is 0 Å². The molecule has 0 aromatic heterocycles. The minimum atomic E-state index is -1.12. The van der Waals surface area contributed by atoms with Gasteiger partial charge in [0.05, 0.1) is 18.8 Å². The van der Waals surface area contributed by atoms with Crippen LogP contribution in [0, 0.1) is 0 Å². The second-order valence-electron chi connectivity index (χ2n) is 8.49. The third-order valence-corrected chi connectivity index (χ3v) is 5.38. The fourth-order valence-electron chi connectivity index (χ4n) is 3.26. The minimum absolute atomic E-state index is 0.385. The molecule has 0 bridgehead atoms. The van der Waals surface area contributed by atoms with E-state index in [4.69, 9.17) is 0 Å². The highest BCUT2D eigenvalue weighted by atomic mass is 16.3. The zero-order chi connectivity index (χ0) is 24.6. The molecule has 0 aliphatic rings. The fraction of sp³-hybridized carbons (Fsp3) is 0.679. The fourth-order valence-corrected chi connectivity index (χ4v) is 3.26. The molecule has 0 aliphatic carbocycles. The van der Waals surface area contributed by atoms with Crippen molar-refractivity contribution in [1.82, 2.24) is 5.32 Å². The van der Waals surface area contributed by atoms with Gasteiger partial charge in [0, 0.05) is 0 Å². The summed E-state index contributed by atoms with van der Waals surface area (Å²) < 4.78 is 0. The Morgan fingerprint density at radius 1 is 0.758 bits per heavy atom. The van der Waals surface area contributed by atoms with E-state index in [1.54, 1.807) is 6.08 Å². The number of amides is 1. The van der Waals surface area contributed by atoms with Gasteiger partial charge < -0.3 is 20.6 Å². The van der Waals surface area contributed by atoms with Gasteiger partial charge in [0.1, 0.15) is 6.10 Å². The van der Waals surface area contributed by atoms with E-state index in [-0.39, 0.29) is 6.61 Å². The highest BCUT2D eigenvalue weighted by Crippen LogP contribution is 2.08. The molecule has 33 heavy (non-hydrogen) atoms. The van der Waals surface area contributed by atoms with Crippen LogP contribution in [-0.2, 0) is 4.79 Å². The lowest BCUT2D eigenvalue weighted by Crippen LogP contribution is -2.48. The second kappa shape index (κ2) is 23.5. The Morgan fingerprint density at radius 3 is 1.94 bits per heavy atom. The summed E-state index contributed by atoms with van der Waals surface area (Å²) in [5, 5.41) is 32.4. The Morgan fingerprint density at radius 2 is 1.33 bits per heavy atom. The van der Waals surface area contributed by atoms with Crippen LogP contribution in [0.4, 0.5) is 0 Å². The van der Waals surface area contributed by atoms with Crippen molar-refractivity contribution in [2.45, 2.75) is 116 Å². The zero-order valence-electron chi connectivity index (χ0n) is 21.0. The second-order valence-corrected chi connectivity index (χ2v) is 8.49. The molecule has 0 radical (unpaired) electrons. The van der Waals surface area contributed by atoms with Gasteiger partial charge in [-0.1, -0.05) is 88.1 Å². The van der Waals surface area contributed by atoms with E-state index in [0.29, 0.717) is 6.42 Å². The molecule has 0 aromatic carbocycles. The van der Waals surface area contributed by atoms with Crippen molar-refractivity contribution >= 4 is 5.91 Å². The molecule has 0 fully saturated rings. The van der Waals surface area contributed by atoms with Crippen LogP contribution < -0.4 is 5.32 Å². The van der Waals surface area contributed by atoms with Crippen molar-refractivity contribution in [2.75, 3.05) is 6.61 Å². The normalized spacial score (nSPS) is 15.2. The van der Waals surface area contributed by atoms with Gasteiger partial charge in [-0.15, -0.1) is 0 Å². The van der Waals surface area contributed by atoms with Crippen LogP contribution in [0.2, 0.25) is 0 Å². The Bertz CT molecular complexity index is 568. The summed E-state index contributed by atoms with van der Waals surface area (Å²) in [6, 6.07) is -0.822. The first kappa shape index (κ1) is 31.3. The van der Waals surface area contributed by atoms with Crippen LogP contribution in [0.15, 0.2) is 48.6 Å². The van der Waals surface area contributed by atoms with Crippen molar-refractivity contribution in [3.05, 3.63) is 48.6 Å². The highest BCUT2D eigenvalue weighted by molar-refractivity contribution is 5.80. The number of aliphatic hydroxyl groups is 3. The standard InChI is InChI=1S/C28H49NO4/c1-3-5-7-9-11-13-15-16-18-20-22-26(31)25(24-30)29-28(33)27(32)23-21-19-17-14-12-10-8-6-4-2/h5,7,10,12-13,15,20,22,25-27,30-32H,3-4,6,8-9,11,14,16-19,21,23-24H2,1-2H3,(H,29,33)/b7-5+,12-10-,15-13+,22-20+. The molecule has 4 N–H and O–H groups in total. The first-order chi connectivity index (χ1) is 16.1. The van der Waals surface area contributed by atoms with Gasteiger partial charge in [-0.3, -0.25) is 4.79 Å². The quantitative estimate of drug-likeness (QED) is 0.133. The number of hydrogen-bond donors (Lipinski definition) is 4. The highest BCUT2D eigenvalue weighted by Gasteiger charge is 2.22. The molecule has 5 nitrogen and oxygen atoms in total. The van der Waals surface area contributed by atoms with Gasteiger partial charge in [0.25, 0.3) is 0 Å². The van der Waals surface area contributed by atoms with Crippen LogP contribution in [0.3, 0.4) is 0 Å². The summed E-state index contributed by atoms with van der Waals surface area (Å²) in [5.41, 5.74) is 0. The van der Waals surface area contributed by atoms with Crippen molar-refractivity contribution in [3.8, 4) is 0 Å². The van der Waals surface area contributed by atoms with Gasteiger partial charge >= 0.3 is 0 Å². The smallest absolute Gasteiger partial charge is 0.249 e. The monoisotopic (exact) mass is 463 g/mol. The summed E-state index contributed by atoms with van der Waals surface area (Å²) in [5.74, 6) is -0.541. The Labute approximate surface area is 202 Å². The lowest BCUT2D eigenvalue weighted by atomic mass is 10.1. The maximum atomic E-state index is 12.2. The maximum absolute atomic E-state index is 12.2. The number of carbonyl (C=O) groups excluding carboxylic acids is 1. The van der Waals surface area contributed by atoms with Gasteiger partial charge in [-0.05, 0) is 57.8 Å². The summed E-state index contributed by atoms with van der Waals surface area (Å²) in [6.45, 7) is 3.92. The molecule has 1 amide bonds. The van der Waals surface area contributed by atoms with Crippen LogP contribution in [-0.4, -0.2) is 46.1 Å². The molecule has 0 spiro atoms. The number of hydrogen-bond acceptors (Lipinski definition) is 4. The number of unbranched alkanes of at least 4 members (excludes halogenated alkanes) is 7. The van der Waals surface area contributed by atoms with Crippen molar-refractivity contribution < 1.29 is 20.1 Å². The molecule has 3 unspecified atom stereocenters. The van der Waals surface area contributed by atoms with Gasteiger partial charge in [-0.25, -0.2) is 0 Å². The molecule has 5 heteroatoms. The number of aliphatic hydroxyl groups excluding tert-OH is 3. The van der Waals surface area contributed by atoms with E-state index in [1.165, 1.54) is 12.8 Å². The van der Waals surface area contributed by atoms with E-state index in [0.717, 1.165) is 64.2 Å². The number of rotatable bonds is 21. The maximum Gasteiger partial charge on any atom is 0.249 e. The van der Waals surface area contributed by atoms with E-state index in [2.05, 4.69) is 55.6 Å². The molecule has 0 rings (SSSR count). The average Bonchev–Trinajstić information content (AvgIpc) is 2.82. The molecule has 0 saturated heterocycles. The zero-order valence-corrected chi connectivity index (χ0v) is 21.0. The van der Waals surface area contributed by atoms with Gasteiger partial charge in [0.2, 0.25) is 5.91 Å². The molecule has 190 valence electrons. The topological polar surface area (TPSA) is 89.8 Å². The van der Waals surface area contributed by atoms with Crippen LogP contribution in [0.25, 0.3) is 0 Å². The first-order valence-electron chi connectivity index (χ1n) is 13.0. The Balaban J connectivity index is 4.05. The molecular formula is C28H49NO4. The SMILES string of the molecule is CC/C=C/CC/C=C/CC/C=C/C(O)C(CO)NC(=O)C(O)CCCCC/C=C\CCCC. The van der Waals surface area contributed by atoms with Crippen LogP contribution >= 0.6 is 0 Å². The summed E-state index contributed by atoms with van der Waals surface area (Å²) in [7, 11) is 0. The lowest BCUT2D eigenvalue weighted by Gasteiger charge is -2.21. The molecule has 0 aromatic rings. The first-order valence-corrected chi connectivity index (χ1v) is 13.0. The van der Waals surface area contributed by atoms with Crippen LogP contribution in [0.1, 0.15) is 97.3 Å². The van der Waals surface area contributed by atoms with Crippen LogP contribution in [0.5, 0.6) is 0 Å². The summed E-state index contributed by atoms with van der Waals surface area (Å²) in [4.78, 5) is 12.2.